The Morgan fingerprint density at radius 2 is 1.67 bits per heavy atom. The number of benzene rings is 1. The predicted octanol–water partition coefficient (Wildman–Crippen LogP) is 0.0241. The molecule has 0 aliphatic carbocycles. The van der Waals surface area contributed by atoms with Crippen LogP contribution in [-0.4, -0.2) is 14.6 Å². The van der Waals surface area contributed by atoms with Crippen LogP contribution in [0.25, 0.3) is 0 Å². The first-order valence-corrected chi connectivity index (χ1v) is 3.92. The Kier molecular flexibility index (Phi) is 4.01. The summed E-state index contributed by atoms with van der Waals surface area (Å²) >= 11 is 0. The average Bonchev–Trinajstić information content (AvgIpc) is 1.90. The summed E-state index contributed by atoms with van der Waals surface area (Å²) in [5.41, 5.74) is 0. The molecule has 0 saturated heterocycles. The van der Waals surface area contributed by atoms with E-state index in [0.29, 0.717) is 0 Å². The Bertz CT molecular complexity index is 150. The predicted molar refractivity (Wildman–Crippen MR) is 43.6 cm³/mol. The van der Waals surface area contributed by atoms with Gasteiger partial charge in [0.15, 0.2) is 9.76 Å². The topological polar surface area (TPSA) is 20.2 Å². The Balaban J connectivity index is 0.000000640. The van der Waals surface area contributed by atoms with Crippen molar-refractivity contribution in [2.75, 3.05) is 0 Å². The van der Waals surface area contributed by atoms with E-state index in [1.807, 2.05) is 30.3 Å². The van der Waals surface area contributed by atoms with Crippen molar-refractivity contribution < 1.29 is 4.80 Å². The summed E-state index contributed by atoms with van der Waals surface area (Å²) in [5, 5.41) is 1.10. The van der Waals surface area contributed by atoms with Crippen molar-refractivity contribution in [3.63, 3.8) is 0 Å². The molecule has 2 heteroatoms. The molecule has 0 aromatic heterocycles. The minimum absolute atomic E-state index is 0. The zero-order valence-corrected chi connectivity index (χ0v) is 5.96. The van der Waals surface area contributed by atoms with E-state index in [0.717, 1.165) is 5.19 Å². The van der Waals surface area contributed by atoms with E-state index in [1.165, 1.54) is 0 Å². The van der Waals surface area contributed by atoms with Gasteiger partial charge in [0.25, 0.3) is 0 Å². The van der Waals surface area contributed by atoms with E-state index in [2.05, 4.69) is 0 Å². The van der Waals surface area contributed by atoms with Gasteiger partial charge in [0.05, 0.1) is 0 Å². The maximum atomic E-state index is 8.68. The Morgan fingerprint density at radius 1 is 1.11 bits per heavy atom. The molecule has 1 aromatic rings. The van der Waals surface area contributed by atoms with Gasteiger partial charge in [-0.05, 0) is 5.19 Å². The highest BCUT2D eigenvalue weighted by molar-refractivity contribution is 6.45. The van der Waals surface area contributed by atoms with E-state index in [9.17, 15) is 0 Å². The zero-order chi connectivity index (χ0) is 5.82. The van der Waals surface area contributed by atoms with Gasteiger partial charge in [0, 0.05) is 0 Å². The van der Waals surface area contributed by atoms with Gasteiger partial charge in [-0.3, -0.25) is 0 Å². The third-order valence-corrected chi connectivity index (χ3v) is 1.86. The molecule has 0 fully saturated rings. The molecule has 0 unspecified atom stereocenters. The summed E-state index contributed by atoms with van der Waals surface area (Å²) in [6.45, 7) is 0. The summed E-state index contributed by atoms with van der Waals surface area (Å²) < 4.78 is 0. The van der Waals surface area contributed by atoms with Crippen LogP contribution in [0, 0.1) is 0 Å². The lowest BCUT2D eigenvalue weighted by Gasteiger charge is -1.88. The van der Waals surface area contributed by atoms with E-state index < -0.39 is 9.76 Å². The first kappa shape index (κ1) is 8.40. The molecule has 0 atom stereocenters. The van der Waals surface area contributed by atoms with Gasteiger partial charge >= 0.3 is 0 Å². The van der Waals surface area contributed by atoms with Gasteiger partial charge in [-0.25, -0.2) is 0 Å². The van der Waals surface area contributed by atoms with Crippen molar-refractivity contribution in [2.24, 2.45) is 0 Å². The van der Waals surface area contributed by atoms with E-state index in [4.69, 9.17) is 4.80 Å². The molecule has 0 aliphatic heterocycles. The maximum absolute atomic E-state index is 8.68. The summed E-state index contributed by atoms with van der Waals surface area (Å²) in [5.74, 6) is 0. The maximum Gasteiger partial charge on any atom is 0.187 e. The zero-order valence-electron chi connectivity index (χ0n) is 4.54. The fourth-order valence-electron chi connectivity index (χ4n) is 0.583. The second-order valence-corrected chi connectivity index (χ2v) is 2.78. The third kappa shape index (κ3) is 2.44. The lowest BCUT2D eigenvalue weighted by molar-refractivity contribution is 0.615. The molecule has 1 nitrogen and oxygen atoms in total. The first-order valence-electron chi connectivity index (χ1n) is 2.58. The highest BCUT2D eigenvalue weighted by Gasteiger charge is 1.82. The second kappa shape index (κ2) is 4.29. The van der Waals surface area contributed by atoms with Crippen LogP contribution in [0.1, 0.15) is 7.43 Å². The van der Waals surface area contributed by atoms with Crippen molar-refractivity contribution in [1.82, 2.24) is 0 Å². The van der Waals surface area contributed by atoms with Crippen LogP contribution in [0.2, 0.25) is 0 Å². The molecule has 0 aliphatic rings. The van der Waals surface area contributed by atoms with E-state index in [1.54, 1.807) is 0 Å². The smallest absolute Gasteiger partial charge is 0.187 e. The fourth-order valence-corrected chi connectivity index (χ4v) is 1.07. The summed E-state index contributed by atoms with van der Waals surface area (Å²) in [6, 6.07) is 9.74. The van der Waals surface area contributed by atoms with Crippen LogP contribution < -0.4 is 5.19 Å². The number of hydrogen-bond acceptors (Lipinski definition) is 1. The van der Waals surface area contributed by atoms with Crippen molar-refractivity contribution in [2.45, 2.75) is 7.43 Å². The lowest BCUT2D eigenvalue weighted by atomic mass is 10.4. The van der Waals surface area contributed by atoms with Crippen LogP contribution in [0.3, 0.4) is 0 Å². The summed E-state index contributed by atoms with van der Waals surface area (Å²) in [7, 11) is -0.909. The highest BCUT2D eigenvalue weighted by Crippen LogP contribution is 1.78. The molecule has 1 rings (SSSR count). The van der Waals surface area contributed by atoms with E-state index >= 15 is 0 Å². The largest absolute Gasteiger partial charge is 0.433 e. The summed E-state index contributed by atoms with van der Waals surface area (Å²) in [4.78, 5) is 8.68. The molecule has 0 amide bonds. The minimum atomic E-state index is -0.909. The van der Waals surface area contributed by atoms with Gasteiger partial charge in [0.1, 0.15) is 0 Å². The molecular weight excluding hydrogens is 128 g/mol. The highest BCUT2D eigenvalue weighted by atomic mass is 28.2. The third-order valence-electron chi connectivity index (χ3n) is 1.03. The molecule has 1 aromatic carbocycles. The lowest BCUT2D eigenvalue weighted by Crippen LogP contribution is -2.11. The number of hydrogen-bond donors (Lipinski definition) is 1. The van der Waals surface area contributed by atoms with Crippen molar-refractivity contribution in [1.29, 1.82) is 0 Å². The standard InChI is InChI=1S/C6H8OSi.CH4/c7-8-6-4-2-1-3-5-6;/h1-5,7H,8H2;1H4. The molecule has 1 N–H and O–H groups in total. The van der Waals surface area contributed by atoms with Crippen LogP contribution in [0.5, 0.6) is 0 Å². The molecule has 0 heterocycles. The van der Waals surface area contributed by atoms with Crippen molar-refractivity contribution in [3.05, 3.63) is 30.3 Å². The Labute approximate surface area is 58.3 Å². The Morgan fingerprint density at radius 3 is 2.00 bits per heavy atom. The normalized spacial score (nSPS) is 9.44. The minimum Gasteiger partial charge on any atom is -0.433 e. The van der Waals surface area contributed by atoms with Gasteiger partial charge < -0.3 is 4.80 Å². The fraction of sp³-hybridized carbons (Fsp3) is 0.143. The molecule has 9 heavy (non-hydrogen) atoms. The quantitative estimate of drug-likeness (QED) is 0.545. The molecule has 0 radical (unpaired) electrons. The van der Waals surface area contributed by atoms with Gasteiger partial charge in [-0.2, -0.15) is 0 Å². The van der Waals surface area contributed by atoms with Crippen molar-refractivity contribution in [3.8, 4) is 0 Å². The molecule has 0 spiro atoms. The van der Waals surface area contributed by atoms with Gasteiger partial charge in [-0.15, -0.1) is 0 Å². The Hall–Kier alpha value is -0.603. The molecule has 0 bridgehead atoms. The van der Waals surface area contributed by atoms with Gasteiger partial charge in [-0.1, -0.05) is 37.8 Å². The SMILES string of the molecule is C.O[SiH2]c1ccccc1. The van der Waals surface area contributed by atoms with Crippen molar-refractivity contribution >= 4 is 14.9 Å². The molecule has 50 valence electrons. The van der Waals surface area contributed by atoms with Crippen LogP contribution in [0.15, 0.2) is 30.3 Å². The molecule has 0 saturated carbocycles. The second-order valence-electron chi connectivity index (χ2n) is 1.64. The van der Waals surface area contributed by atoms with Gasteiger partial charge in [0.2, 0.25) is 0 Å². The van der Waals surface area contributed by atoms with E-state index in [-0.39, 0.29) is 7.43 Å². The summed E-state index contributed by atoms with van der Waals surface area (Å²) in [6.07, 6.45) is 0. The first-order chi connectivity index (χ1) is 3.93. The molecular formula is C7H12OSi. The average molecular weight is 140 g/mol. The van der Waals surface area contributed by atoms with Crippen LogP contribution in [0.4, 0.5) is 0 Å². The van der Waals surface area contributed by atoms with Crippen LogP contribution in [-0.2, 0) is 0 Å². The monoisotopic (exact) mass is 140 g/mol. The number of rotatable bonds is 1. The van der Waals surface area contributed by atoms with Crippen LogP contribution >= 0.6 is 0 Å².